The van der Waals surface area contributed by atoms with Crippen molar-refractivity contribution in [3.05, 3.63) is 0 Å². The molecule has 0 amide bonds. The first-order chi connectivity index (χ1) is 4.68. The minimum absolute atomic E-state index is 0.131. The number of carboxylic acids is 1. The van der Waals surface area contributed by atoms with Gasteiger partial charge in [0.15, 0.2) is 0 Å². The highest BCUT2D eigenvalue weighted by atomic mass is 31.1. The Morgan fingerprint density at radius 1 is 1.70 bits per heavy atom. The molecule has 2 atom stereocenters. The van der Waals surface area contributed by atoms with Crippen molar-refractivity contribution in [3.63, 3.8) is 0 Å². The van der Waals surface area contributed by atoms with Gasteiger partial charge in [-0.25, -0.2) is 0 Å². The molecule has 0 bridgehead atoms. The molecule has 0 spiro atoms. The lowest BCUT2D eigenvalue weighted by molar-refractivity contribution is -0.138. The van der Waals surface area contributed by atoms with Gasteiger partial charge in [0.05, 0.1) is 6.35 Å². The molecule has 5 heteroatoms. The molecule has 4 nitrogen and oxygen atoms in total. The Bertz CT molecular complexity index is 109. The number of aliphatic carboxylic acids is 1. The monoisotopic (exact) mass is 165 g/mol. The molecule has 0 aromatic heterocycles. The van der Waals surface area contributed by atoms with Crippen LogP contribution in [0.2, 0.25) is 0 Å². The predicted molar refractivity (Wildman–Crippen MR) is 40.5 cm³/mol. The second kappa shape index (κ2) is 5.59. The Hall–Kier alpha value is -0.180. The smallest absolute Gasteiger partial charge is 0.320 e. The molecule has 4 N–H and O–H groups in total. The molecule has 0 heterocycles. The summed E-state index contributed by atoms with van der Waals surface area (Å²) in [7, 11) is 0.413. The Morgan fingerprint density at radius 2 is 2.30 bits per heavy atom. The molecule has 10 heavy (non-hydrogen) atoms. The Balaban J connectivity index is 3.21. The fraction of sp³-hybridized carbons (Fsp3) is 0.800. The van der Waals surface area contributed by atoms with Gasteiger partial charge in [-0.1, -0.05) is 8.58 Å². The van der Waals surface area contributed by atoms with E-state index in [0.717, 1.165) is 0 Å². The van der Waals surface area contributed by atoms with Crippen LogP contribution >= 0.6 is 8.58 Å². The first-order valence-electron chi connectivity index (χ1n) is 2.98. The number of nitrogens with two attached hydrogens (primary N) is 1. The highest BCUT2D eigenvalue weighted by Gasteiger charge is 2.09. The third-order valence-corrected chi connectivity index (χ3v) is 1.93. The fourth-order valence-corrected chi connectivity index (χ4v) is 1.13. The van der Waals surface area contributed by atoms with Gasteiger partial charge in [-0.05, 0) is 12.6 Å². The molecule has 0 radical (unpaired) electrons. The molecule has 0 saturated heterocycles. The van der Waals surface area contributed by atoms with Crippen molar-refractivity contribution in [3.8, 4) is 0 Å². The standard InChI is InChI=1S/C5H12NO3P/c6-4(5(8)9)1-2-10-3-7/h4,7,10H,1-3,6H2,(H,8,9). The summed E-state index contributed by atoms with van der Waals surface area (Å²) in [6, 6.07) is -0.765. The summed E-state index contributed by atoms with van der Waals surface area (Å²) in [6.07, 6.45) is 1.28. The van der Waals surface area contributed by atoms with Crippen LogP contribution in [0.25, 0.3) is 0 Å². The second-order valence-electron chi connectivity index (χ2n) is 1.89. The third kappa shape index (κ3) is 4.68. The van der Waals surface area contributed by atoms with Crippen molar-refractivity contribution in [2.45, 2.75) is 12.5 Å². The first kappa shape index (κ1) is 9.82. The number of hydrogen-bond acceptors (Lipinski definition) is 3. The van der Waals surface area contributed by atoms with Gasteiger partial charge in [-0.15, -0.1) is 0 Å². The lowest BCUT2D eigenvalue weighted by atomic mass is 10.2. The quantitative estimate of drug-likeness (QED) is 0.376. The number of carboxylic acid groups (broad SMARTS) is 1. The van der Waals surface area contributed by atoms with Crippen molar-refractivity contribution < 1.29 is 15.0 Å². The highest BCUT2D eigenvalue weighted by Crippen LogP contribution is 2.09. The SMILES string of the molecule is NC(CCPCO)C(=O)O. The summed E-state index contributed by atoms with van der Waals surface area (Å²) in [5.74, 6) is -0.970. The molecular formula is C5H12NO3P. The number of hydrogen-bond donors (Lipinski definition) is 3. The lowest BCUT2D eigenvalue weighted by Crippen LogP contribution is -2.30. The summed E-state index contributed by atoms with van der Waals surface area (Å²) in [6.45, 7) is 0. The lowest BCUT2D eigenvalue weighted by Gasteiger charge is -2.03. The van der Waals surface area contributed by atoms with Gasteiger partial charge >= 0.3 is 5.97 Å². The molecule has 0 aliphatic heterocycles. The van der Waals surface area contributed by atoms with E-state index in [1.807, 2.05) is 0 Å². The van der Waals surface area contributed by atoms with Crippen LogP contribution in [-0.4, -0.2) is 34.7 Å². The van der Waals surface area contributed by atoms with Gasteiger partial charge in [0.25, 0.3) is 0 Å². The normalized spacial score (nSPS) is 14.2. The van der Waals surface area contributed by atoms with Crippen LogP contribution in [0.15, 0.2) is 0 Å². The zero-order valence-electron chi connectivity index (χ0n) is 5.58. The Labute approximate surface area is 61.2 Å². The predicted octanol–water partition coefficient (Wildman–Crippen LogP) is -0.583. The van der Waals surface area contributed by atoms with E-state index >= 15 is 0 Å². The van der Waals surface area contributed by atoms with Crippen LogP contribution < -0.4 is 5.73 Å². The molecule has 2 unspecified atom stereocenters. The topological polar surface area (TPSA) is 83.5 Å². The van der Waals surface area contributed by atoms with Crippen LogP contribution in [0.1, 0.15) is 6.42 Å². The number of carbonyl (C=O) groups is 1. The maximum absolute atomic E-state index is 10.1. The van der Waals surface area contributed by atoms with E-state index in [9.17, 15) is 4.79 Å². The number of aliphatic hydroxyl groups excluding tert-OH is 1. The third-order valence-electron chi connectivity index (χ3n) is 1.06. The van der Waals surface area contributed by atoms with Gasteiger partial charge in [0.1, 0.15) is 6.04 Å². The van der Waals surface area contributed by atoms with Gasteiger partial charge in [-0.2, -0.15) is 0 Å². The molecule has 0 aliphatic rings. The molecule has 60 valence electrons. The summed E-state index contributed by atoms with van der Waals surface area (Å²) in [4.78, 5) is 10.1. The summed E-state index contributed by atoms with van der Waals surface area (Å²) in [5.41, 5.74) is 5.18. The zero-order valence-corrected chi connectivity index (χ0v) is 6.58. The van der Waals surface area contributed by atoms with Gasteiger partial charge in [0, 0.05) is 0 Å². The molecule has 0 saturated carbocycles. The van der Waals surface area contributed by atoms with Gasteiger partial charge < -0.3 is 15.9 Å². The largest absolute Gasteiger partial charge is 0.480 e. The van der Waals surface area contributed by atoms with Gasteiger partial charge in [-0.3, -0.25) is 4.79 Å². The van der Waals surface area contributed by atoms with Crippen molar-refractivity contribution in [2.75, 3.05) is 12.5 Å². The van der Waals surface area contributed by atoms with E-state index in [4.69, 9.17) is 15.9 Å². The van der Waals surface area contributed by atoms with Crippen molar-refractivity contribution in [1.82, 2.24) is 0 Å². The summed E-state index contributed by atoms with van der Waals surface area (Å²) < 4.78 is 0. The van der Waals surface area contributed by atoms with E-state index in [1.165, 1.54) is 0 Å². The molecular weight excluding hydrogens is 153 g/mol. The molecule has 0 aromatic carbocycles. The van der Waals surface area contributed by atoms with Crippen molar-refractivity contribution in [1.29, 1.82) is 0 Å². The van der Waals surface area contributed by atoms with Crippen molar-refractivity contribution >= 4 is 14.6 Å². The average Bonchev–Trinajstić information content (AvgIpc) is 1.88. The Kier molecular flexibility index (Phi) is 5.49. The van der Waals surface area contributed by atoms with Crippen LogP contribution in [-0.2, 0) is 4.79 Å². The van der Waals surface area contributed by atoms with Crippen LogP contribution in [0, 0.1) is 0 Å². The van der Waals surface area contributed by atoms with E-state index in [1.54, 1.807) is 0 Å². The molecule has 0 aliphatic carbocycles. The van der Waals surface area contributed by atoms with E-state index in [0.29, 0.717) is 21.2 Å². The highest BCUT2D eigenvalue weighted by molar-refractivity contribution is 7.37. The minimum atomic E-state index is -0.970. The maximum atomic E-state index is 10.1. The Morgan fingerprint density at radius 3 is 2.70 bits per heavy atom. The maximum Gasteiger partial charge on any atom is 0.320 e. The minimum Gasteiger partial charge on any atom is -0.480 e. The van der Waals surface area contributed by atoms with E-state index < -0.39 is 12.0 Å². The van der Waals surface area contributed by atoms with Crippen LogP contribution in [0.3, 0.4) is 0 Å². The average molecular weight is 165 g/mol. The molecule has 0 rings (SSSR count). The molecule has 0 fully saturated rings. The summed E-state index contributed by atoms with van der Waals surface area (Å²) in [5, 5.41) is 16.6. The van der Waals surface area contributed by atoms with Crippen molar-refractivity contribution in [2.24, 2.45) is 5.73 Å². The number of rotatable bonds is 5. The molecule has 0 aromatic rings. The zero-order chi connectivity index (χ0) is 7.98. The summed E-state index contributed by atoms with van der Waals surface area (Å²) >= 11 is 0. The van der Waals surface area contributed by atoms with E-state index in [2.05, 4.69) is 0 Å². The first-order valence-corrected chi connectivity index (χ1v) is 4.40. The van der Waals surface area contributed by atoms with Crippen LogP contribution in [0.5, 0.6) is 0 Å². The van der Waals surface area contributed by atoms with Crippen LogP contribution in [0.4, 0.5) is 0 Å². The fourth-order valence-electron chi connectivity index (χ4n) is 0.460. The van der Waals surface area contributed by atoms with Gasteiger partial charge in [0.2, 0.25) is 0 Å². The van der Waals surface area contributed by atoms with E-state index in [-0.39, 0.29) is 6.35 Å². The second-order valence-corrected chi connectivity index (χ2v) is 3.21. The number of aliphatic hydroxyl groups is 1.